The van der Waals surface area contributed by atoms with Crippen LogP contribution >= 0.6 is 0 Å². The number of anilines is 1. The molecule has 0 unspecified atom stereocenters. The summed E-state index contributed by atoms with van der Waals surface area (Å²) >= 11 is 0. The fraction of sp³-hybridized carbons (Fsp3) is 0.167. The van der Waals surface area contributed by atoms with Gasteiger partial charge in [0.15, 0.2) is 0 Å². The van der Waals surface area contributed by atoms with Gasteiger partial charge in [0, 0.05) is 18.3 Å². The average Bonchev–Trinajstić information content (AvgIpc) is 2.77. The Morgan fingerprint density at radius 1 is 1.00 bits per heavy atom. The Labute approximate surface area is 176 Å². The van der Waals surface area contributed by atoms with E-state index in [4.69, 9.17) is 15.6 Å². The third-order valence-electron chi connectivity index (χ3n) is 4.59. The van der Waals surface area contributed by atoms with Gasteiger partial charge in [-0.1, -0.05) is 49.4 Å². The number of nitrogens with zero attached hydrogens (tertiary/aromatic N) is 1. The molecule has 0 saturated carbocycles. The van der Waals surface area contributed by atoms with Crippen molar-refractivity contribution in [3.63, 3.8) is 0 Å². The zero-order valence-electron chi connectivity index (χ0n) is 16.8. The molecule has 30 heavy (non-hydrogen) atoms. The SMILES string of the molecule is CCC(=C(c1ccc(OCCN)cc1)c1ccc(NC(=O)O)nc1)c1ccccc1. The minimum atomic E-state index is -1.14. The molecule has 6 nitrogen and oxygen atoms in total. The van der Waals surface area contributed by atoms with E-state index in [1.54, 1.807) is 12.3 Å². The number of pyridine rings is 1. The number of hydrogen-bond acceptors (Lipinski definition) is 4. The maximum Gasteiger partial charge on any atom is 0.410 e. The molecule has 3 rings (SSSR count). The van der Waals surface area contributed by atoms with E-state index in [9.17, 15) is 4.79 Å². The highest BCUT2D eigenvalue weighted by atomic mass is 16.5. The summed E-state index contributed by atoms with van der Waals surface area (Å²) in [5.41, 5.74) is 10.8. The number of benzene rings is 2. The van der Waals surface area contributed by atoms with Crippen LogP contribution in [0.3, 0.4) is 0 Å². The summed E-state index contributed by atoms with van der Waals surface area (Å²) in [6.45, 7) is 3.05. The normalized spacial score (nSPS) is 11.5. The number of nitrogens with one attached hydrogen (secondary N) is 1. The molecule has 2 aromatic carbocycles. The van der Waals surface area contributed by atoms with Crippen molar-refractivity contribution in [2.24, 2.45) is 5.73 Å². The maximum atomic E-state index is 10.9. The van der Waals surface area contributed by atoms with Crippen molar-refractivity contribution >= 4 is 23.1 Å². The summed E-state index contributed by atoms with van der Waals surface area (Å²) in [4.78, 5) is 15.1. The van der Waals surface area contributed by atoms with Crippen LogP contribution in [-0.2, 0) is 0 Å². The number of ether oxygens (including phenoxy) is 1. The molecule has 6 heteroatoms. The summed E-state index contributed by atoms with van der Waals surface area (Å²) in [7, 11) is 0. The second kappa shape index (κ2) is 10.2. The summed E-state index contributed by atoms with van der Waals surface area (Å²) in [5, 5.41) is 11.2. The highest BCUT2D eigenvalue weighted by molar-refractivity contribution is 5.98. The fourth-order valence-corrected chi connectivity index (χ4v) is 3.30. The van der Waals surface area contributed by atoms with Gasteiger partial charge in [-0.3, -0.25) is 5.32 Å². The topological polar surface area (TPSA) is 97.5 Å². The molecule has 1 aromatic heterocycles. The number of carbonyl (C=O) groups is 1. The molecule has 0 aliphatic rings. The minimum Gasteiger partial charge on any atom is -0.492 e. The van der Waals surface area contributed by atoms with Crippen molar-refractivity contribution in [1.29, 1.82) is 0 Å². The van der Waals surface area contributed by atoms with Gasteiger partial charge in [-0.15, -0.1) is 0 Å². The molecule has 0 atom stereocenters. The molecule has 154 valence electrons. The molecule has 1 amide bonds. The molecule has 0 radical (unpaired) electrons. The summed E-state index contributed by atoms with van der Waals surface area (Å²) < 4.78 is 5.60. The van der Waals surface area contributed by atoms with Crippen LogP contribution in [0.15, 0.2) is 72.9 Å². The van der Waals surface area contributed by atoms with Crippen molar-refractivity contribution in [1.82, 2.24) is 4.98 Å². The summed E-state index contributed by atoms with van der Waals surface area (Å²) in [5.74, 6) is 1.05. The molecule has 0 bridgehead atoms. The highest BCUT2D eigenvalue weighted by Gasteiger charge is 2.14. The third kappa shape index (κ3) is 5.24. The first-order valence-electron chi connectivity index (χ1n) is 9.80. The van der Waals surface area contributed by atoms with Gasteiger partial charge in [0.05, 0.1) is 0 Å². The lowest BCUT2D eigenvalue weighted by Crippen LogP contribution is -2.10. The number of aromatic nitrogens is 1. The van der Waals surface area contributed by atoms with E-state index in [0.717, 1.165) is 34.4 Å². The van der Waals surface area contributed by atoms with Crippen LogP contribution in [0.2, 0.25) is 0 Å². The second-order valence-corrected chi connectivity index (χ2v) is 6.60. The van der Waals surface area contributed by atoms with Crippen molar-refractivity contribution in [3.05, 3.63) is 89.6 Å². The molecule has 3 aromatic rings. The summed E-state index contributed by atoms with van der Waals surface area (Å²) in [6, 6.07) is 21.6. The Morgan fingerprint density at radius 2 is 1.70 bits per heavy atom. The second-order valence-electron chi connectivity index (χ2n) is 6.60. The number of amides is 1. The quantitative estimate of drug-likeness (QED) is 0.466. The molecular weight excluding hydrogens is 378 g/mol. The van der Waals surface area contributed by atoms with Gasteiger partial charge in [-0.05, 0) is 53.0 Å². The largest absolute Gasteiger partial charge is 0.492 e. The van der Waals surface area contributed by atoms with Gasteiger partial charge in [-0.25, -0.2) is 9.78 Å². The van der Waals surface area contributed by atoms with Crippen LogP contribution in [0.1, 0.15) is 30.0 Å². The fourth-order valence-electron chi connectivity index (χ4n) is 3.30. The smallest absolute Gasteiger partial charge is 0.410 e. The first-order chi connectivity index (χ1) is 14.6. The first kappa shape index (κ1) is 21.1. The van der Waals surface area contributed by atoms with Gasteiger partial charge in [0.2, 0.25) is 0 Å². The number of allylic oxidation sites excluding steroid dienone is 1. The van der Waals surface area contributed by atoms with Gasteiger partial charge in [0.25, 0.3) is 0 Å². The monoisotopic (exact) mass is 403 g/mol. The molecule has 0 aliphatic heterocycles. The van der Waals surface area contributed by atoms with Crippen molar-refractivity contribution in [2.75, 3.05) is 18.5 Å². The van der Waals surface area contributed by atoms with Crippen molar-refractivity contribution in [2.45, 2.75) is 13.3 Å². The maximum absolute atomic E-state index is 10.9. The lowest BCUT2D eigenvalue weighted by molar-refractivity contribution is 0.209. The minimum absolute atomic E-state index is 0.286. The Hall–Kier alpha value is -3.64. The first-order valence-corrected chi connectivity index (χ1v) is 9.80. The van der Waals surface area contributed by atoms with Crippen LogP contribution in [0.5, 0.6) is 5.75 Å². The van der Waals surface area contributed by atoms with Crippen molar-refractivity contribution in [3.8, 4) is 5.75 Å². The standard InChI is InChI=1S/C24H25N3O3/c1-2-21(17-6-4-3-5-7-17)23(18-8-11-20(12-9-18)30-15-14-25)19-10-13-22(26-16-19)27-24(28)29/h3-13,16H,2,14-15,25H2,1H3,(H,26,27)(H,28,29). The molecule has 0 fully saturated rings. The molecule has 0 aliphatic carbocycles. The van der Waals surface area contributed by atoms with Crippen LogP contribution in [0.25, 0.3) is 11.1 Å². The Balaban J connectivity index is 2.09. The Kier molecular flexibility index (Phi) is 7.19. The highest BCUT2D eigenvalue weighted by Crippen LogP contribution is 2.35. The average molecular weight is 403 g/mol. The van der Waals surface area contributed by atoms with E-state index in [1.807, 2.05) is 48.5 Å². The van der Waals surface area contributed by atoms with Gasteiger partial charge < -0.3 is 15.6 Å². The van der Waals surface area contributed by atoms with Gasteiger partial charge >= 0.3 is 6.09 Å². The van der Waals surface area contributed by atoms with Crippen LogP contribution in [-0.4, -0.2) is 29.3 Å². The molecule has 4 N–H and O–H groups in total. The molecule has 1 heterocycles. The number of nitrogens with two attached hydrogens (primary N) is 1. The van der Waals surface area contributed by atoms with Crippen LogP contribution in [0.4, 0.5) is 10.6 Å². The number of carboxylic acid groups (broad SMARTS) is 1. The van der Waals surface area contributed by atoms with E-state index >= 15 is 0 Å². The van der Waals surface area contributed by atoms with Crippen LogP contribution in [0, 0.1) is 0 Å². The molecule has 0 spiro atoms. The summed E-state index contributed by atoms with van der Waals surface area (Å²) in [6.07, 6.45) is 1.37. The molecular formula is C24H25N3O3. The van der Waals surface area contributed by atoms with Crippen molar-refractivity contribution < 1.29 is 14.6 Å². The van der Waals surface area contributed by atoms with Gasteiger partial charge in [0.1, 0.15) is 18.2 Å². The van der Waals surface area contributed by atoms with Crippen LogP contribution < -0.4 is 15.8 Å². The van der Waals surface area contributed by atoms with E-state index in [2.05, 4.69) is 29.4 Å². The van der Waals surface area contributed by atoms with E-state index in [0.29, 0.717) is 13.2 Å². The Morgan fingerprint density at radius 3 is 2.27 bits per heavy atom. The zero-order chi connectivity index (χ0) is 21.3. The zero-order valence-corrected chi connectivity index (χ0v) is 16.8. The Bertz CT molecular complexity index is 998. The predicted octanol–water partition coefficient (Wildman–Crippen LogP) is 4.88. The van der Waals surface area contributed by atoms with E-state index in [1.165, 1.54) is 5.57 Å². The number of rotatable bonds is 8. The van der Waals surface area contributed by atoms with E-state index < -0.39 is 6.09 Å². The predicted molar refractivity (Wildman–Crippen MR) is 120 cm³/mol. The van der Waals surface area contributed by atoms with E-state index in [-0.39, 0.29) is 5.82 Å². The van der Waals surface area contributed by atoms with Gasteiger partial charge in [-0.2, -0.15) is 0 Å². The lowest BCUT2D eigenvalue weighted by atomic mass is 9.89. The third-order valence-corrected chi connectivity index (χ3v) is 4.59. The molecule has 0 saturated heterocycles. The lowest BCUT2D eigenvalue weighted by Gasteiger charge is -2.17. The number of hydrogen-bond donors (Lipinski definition) is 3.